The van der Waals surface area contributed by atoms with Gasteiger partial charge in [-0.25, -0.2) is 0 Å². The van der Waals surface area contributed by atoms with E-state index in [0.29, 0.717) is 24.6 Å². The second kappa shape index (κ2) is 7.85. The number of hydrogen-bond donors (Lipinski definition) is 2. The molecule has 6 nitrogen and oxygen atoms in total. The maximum absolute atomic E-state index is 12.6. The lowest BCUT2D eigenvalue weighted by molar-refractivity contribution is 0.0950. The van der Waals surface area contributed by atoms with E-state index in [4.69, 9.17) is 0 Å². The molecule has 25 heavy (non-hydrogen) atoms. The average Bonchev–Trinajstić information content (AvgIpc) is 3.21. The molecule has 1 amide bonds. The Bertz CT molecular complexity index is 724. The lowest BCUT2D eigenvalue weighted by Crippen LogP contribution is -2.28. The molecule has 2 heterocycles. The Labute approximate surface area is 149 Å². The van der Waals surface area contributed by atoms with E-state index in [1.165, 1.54) is 30.5 Å². The van der Waals surface area contributed by atoms with Crippen molar-refractivity contribution in [1.29, 1.82) is 0 Å². The molecular formula is C19H29N5O. The second-order valence-electron chi connectivity index (χ2n) is 7.01. The summed E-state index contributed by atoms with van der Waals surface area (Å²) in [4.78, 5) is 12.6. The van der Waals surface area contributed by atoms with E-state index in [0.717, 1.165) is 30.7 Å². The number of H-pyrrole nitrogens is 1. The zero-order valence-corrected chi connectivity index (χ0v) is 15.6. The molecule has 0 saturated heterocycles. The molecule has 1 aliphatic carbocycles. The first-order chi connectivity index (χ1) is 12.1. The van der Waals surface area contributed by atoms with Crippen LogP contribution in [0.5, 0.6) is 0 Å². The monoisotopic (exact) mass is 343 g/mol. The molecule has 1 saturated carbocycles. The number of hydrogen-bond acceptors (Lipinski definition) is 3. The highest BCUT2D eigenvalue weighted by atomic mass is 16.1. The fraction of sp³-hybridized carbons (Fsp3) is 0.632. The van der Waals surface area contributed by atoms with Crippen molar-refractivity contribution in [3.63, 3.8) is 0 Å². The minimum Gasteiger partial charge on any atom is -0.350 e. The summed E-state index contributed by atoms with van der Waals surface area (Å²) in [6.07, 6.45) is 8.73. The summed E-state index contributed by atoms with van der Waals surface area (Å²) >= 11 is 0. The van der Waals surface area contributed by atoms with Gasteiger partial charge in [0.15, 0.2) is 0 Å². The molecular weight excluding hydrogens is 314 g/mol. The van der Waals surface area contributed by atoms with Crippen molar-refractivity contribution < 1.29 is 4.79 Å². The molecule has 136 valence electrons. The number of aromatic amines is 1. The third kappa shape index (κ3) is 3.78. The van der Waals surface area contributed by atoms with E-state index in [1.807, 2.05) is 11.6 Å². The second-order valence-corrected chi connectivity index (χ2v) is 7.01. The molecule has 0 atom stereocenters. The standard InChI is InChI=1S/C19H29N5O/c1-4-16-13(2)23-24(14(16)3)11-10-20-19(25)17-12-21-22-18(17)15-8-6-5-7-9-15/h12,15H,4-11H2,1-3H3,(H,20,25)(H,21,22). The van der Waals surface area contributed by atoms with E-state index in [9.17, 15) is 4.79 Å². The van der Waals surface area contributed by atoms with Gasteiger partial charge in [0.05, 0.1) is 29.7 Å². The maximum Gasteiger partial charge on any atom is 0.254 e. The summed E-state index contributed by atoms with van der Waals surface area (Å²) in [5, 5.41) is 14.8. The first kappa shape index (κ1) is 17.7. The Morgan fingerprint density at radius 2 is 2.08 bits per heavy atom. The Hall–Kier alpha value is -2.11. The van der Waals surface area contributed by atoms with Crippen LogP contribution < -0.4 is 5.32 Å². The Balaban J connectivity index is 1.59. The first-order valence-electron chi connectivity index (χ1n) is 9.46. The molecule has 2 aromatic heterocycles. The van der Waals surface area contributed by atoms with Crippen molar-refractivity contribution >= 4 is 5.91 Å². The summed E-state index contributed by atoms with van der Waals surface area (Å²) in [5.74, 6) is 0.409. The molecule has 2 N–H and O–H groups in total. The molecule has 0 radical (unpaired) electrons. The average molecular weight is 343 g/mol. The van der Waals surface area contributed by atoms with E-state index in [2.05, 4.69) is 34.5 Å². The van der Waals surface area contributed by atoms with Crippen LogP contribution in [0.1, 0.15) is 77.9 Å². The van der Waals surface area contributed by atoms with Gasteiger partial charge in [-0.1, -0.05) is 26.2 Å². The van der Waals surface area contributed by atoms with Crippen LogP contribution >= 0.6 is 0 Å². The molecule has 1 fully saturated rings. The normalized spacial score (nSPS) is 15.5. The first-order valence-corrected chi connectivity index (χ1v) is 9.46. The van der Waals surface area contributed by atoms with Gasteiger partial charge in [0.25, 0.3) is 5.91 Å². The summed E-state index contributed by atoms with van der Waals surface area (Å²) < 4.78 is 1.99. The molecule has 1 aliphatic rings. The fourth-order valence-corrected chi connectivity index (χ4v) is 4.01. The summed E-state index contributed by atoms with van der Waals surface area (Å²) in [6, 6.07) is 0. The van der Waals surface area contributed by atoms with Gasteiger partial charge >= 0.3 is 0 Å². The summed E-state index contributed by atoms with van der Waals surface area (Å²) in [7, 11) is 0. The SMILES string of the molecule is CCc1c(C)nn(CCNC(=O)c2cn[nH]c2C2CCCCC2)c1C. The molecule has 0 bridgehead atoms. The van der Waals surface area contributed by atoms with Crippen LogP contribution in [0.3, 0.4) is 0 Å². The lowest BCUT2D eigenvalue weighted by atomic mass is 9.85. The van der Waals surface area contributed by atoms with Gasteiger partial charge in [-0.15, -0.1) is 0 Å². The molecule has 0 spiro atoms. The highest BCUT2D eigenvalue weighted by molar-refractivity contribution is 5.95. The largest absolute Gasteiger partial charge is 0.350 e. The number of aryl methyl sites for hydroxylation is 1. The maximum atomic E-state index is 12.6. The highest BCUT2D eigenvalue weighted by Crippen LogP contribution is 2.33. The van der Waals surface area contributed by atoms with Crippen molar-refractivity contribution in [2.45, 2.75) is 71.8 Å². The third-order valence-corrected chi connectivity index (χ3v) is 5.42. The number of rotatable bonds is 6. The van der Waals surface area contributed by atoms with Gasteiger partial charge in [-0.05, 0) is 38.7 Å². The molecule has 2 aromatic rings. The van der Waals surface area contributed by atoms with Gasteiger partial charge in [0.2, 0.25) is 0 Å². The summed E-state index contributed by atoms with van der Waals surface area (Å²) in [5.41, 5.74) is 5.30. The van der Waals surface area contributed by atoms with Crippen molar-refractivity contribution in [2.75, 3.05) is 6.54 Å². The Kier molecular flexibility index (Phi) is 5.56. The van der Waals surface area contributed by atoms with Gasteiger partial charge in [-0.3, -0.25) is 14.6 Å². The van der Waals surface area contributed by atoms with Crippen LogP contribution in [0, 0.1) is 13.8 Å². The number of carbonyl (C=O) groups excluding carboxylic acids is 1. The minimum atomic E-state index is -0.0356. The van der Waals surface area contributed by atoms with Crippen molar-refractivity contribution in [3.05, 3.63) is 34.4 Å². The lowest BCUT2D eigenvalue weighted by Gasteiger charge is -2.21. The smallest absolute Gasteiger partial charge is 0.254 e. The van der Waals surface area contributed by atoms with Crippen LogP contribution in [0.15, 0.2) is 6.20 Å². The van der Waals surface area contributed by atoms with E-state index < -0.39 is 0 Å². The number of carbonyl (C=O) groups is 1. The number of nitrogens with one attached hydrogen (secondary N) is 2. The van der Waals surface area contributed by atoms with Crippen LogP contribution in [-0.2, 0) is 13.0 Å². The number of aromatic nitrogens is 4. The van der Waals surface area contributed by atoms with E-state index >= 15 is 0 Å². The van der Waals surface area contributed by atoms with Gasteiger partial charge in [0.1, 0.15) is 0 Å². The van der Waals surface area contributed by atoms with Gasteiger partial charge in [-0.2, -0.15) is 10.2 Å². The molecule has 3 rings (SSSR count). The van der Waals surface area contributed by atoms with E-state index in [-0.39, 0.29) is 5.91 Å². The summed E-state index contributed by atoms with van der Waals surface area (Å²) in [6.45, 7) is 7.55. The Morgan fingerprint density at radius 3 is 2.76 bits per heavy atom. The van der Waals surface area contributed by atoms with Crippen molar-refractivity contribution in [2.24, 2.45) is 0 Å². The molecule has 6 heteroatoms. The topological polar surface area (TPSA) is 75.6 Å². The predicted octanol–water partition coefficient (Wildman–Crippen LogP) is 3.26. The third-order valence-electron chi connectivity index (χ3n) is 5.42. The van der Waals surface area contributed by atoms with Crippen LogP contribution in [0.4, 0.5) is 0 Å². The molecule has 0 aliphatic heterocycles. The van der Waals surface area contributed by atoms with Crippen molar-refractivity contribution in [1.82, 2.24) is 25.3 Å². The predicted molar refractivity (Wildman–Crippen MR) is 97.8 cm³/mol. The van der Waals surface area contributed by atoms with E-state index in [1.54, 1.807) is 6.20 Å². The van der Waals surface area contributed by atoms with Gasteiger partial charge < -0.3 is 5.32 Å². The molecule has 0 aromatic carbocycles. The zero-order chi connectivity index (χ0) is 17.8. The van der Waals surface area contributed by atoms with Gasteiger partial charge in [0, 0.05) is 18.2 Å². The van der Waals surface area contributed by atoms with Crippen LogP contribution in [0.2, 0.25) is 0 Å². The number of amides is 1. The quantitative estimate of drug-likeness (QED) is 0.845. The van der Waals surface area contributed by atoms with Crippen molar-refractivity contribution in [3.8, 4) is 0 Å². The highest BCUT2D eigenvalue weighted by Gasteiger charge is 2.23. The fourth-order valence-electron chi connectivity index (χ4n) is 4.01. The zero-order valence-electron chi connectivity index (χ0n) is 15.6. The minimum absolute atomic E-state index is 0.0356. The Morgan fingerprint density at radius 1 is 1.32 bits per heavy atom. The van der Waals surface area contributed by atoms with Crippen LogP contribution in [-0.4, -0.2) is 32.4 Å². The van der Waals surface area contributed by atoms with Crippen LogP contribution in [0.25, 0.3) is 0 Å². The molecule has 0 unspecified atom stereocenters. The number of nitrogens with zero attached hydrogens (tertiary/aromatic N) is 3.